The summed E-state index contributed by atoms with van der Waals surface area (Å²) in [6.45, 7) is 5.39. The van der Waals surface area contributed by atoms with E-state index in [1.807, 2.05) is 6.92 Å². The predicted octanol–water partition coefficient (Wildman–Crippen LogP) is 0.953. The Morgan fingerprint density at radius 1 is 1.50 bits per heavy atom. The second-order valence-corrected chi connectivity index (χ2v) is 4.77. The Morgan fingerprint density at radius 3 is 2.33 bits per heavy atom. The van der Waals surface area contributed by atoms with Gasteiger partial charge < -0.3 is 4.74 Å². The first-order valence-corrected chi connectivity index (χ1v) is 5.37. The fraction of sp³-hybridized carbons (Fsp3) is 0.875. The van der Waals surface area contributed by atoms with Gasteiger partial charge in [0.1, 0.15) is 0 Å². The fourth-order valence-corrected chi connectivity index (χ4v) is 1.96. The zero-order chi connectivity index (χ0) is 9.72. The van der Waals surface area contributed by atoms with Gasteiger partial charge in [-0.05, 0) is 6.92 Å². The van der Waals surface area contributed by atoms with E-state index >= 15 is 0 Å². The Labute approximate surface area is 75.9 Å². The normalized spacial score (nSPS) is 18.0. The van der Waals surface area contributed by atoms with Crippen molar-refractivity contribution in [3.8, 4) is 0 Å². The van der Waals surface area contributed by atoms with Gasteiger partial charge in [0.15, 0.2) is 0 Å². The van der Waals surface area contributed by atoms with Crippen LogP contribution in [0.3, 0.4) is 0 Å². The summed E-state index contributed by atoms with van der Waals surface area (Å²) in [6.07, 6.45) is 0. The van der Waals surface area contributed by atoms with Crippen molar-refractivity contribution in [2.45, 2.75) is 26.0 Å². The van der Waals surface area contributed by atoms with Gasteiger partial charge in [-0.3, -0.25) is 9.00 Å². The highest BCUT2D eigenvalue weighted by Gasteiger charge is 2.24. The van der Waals surface area contributed by atoms with Crippen LogP contribution in [-0.4, -0.2) is 28.3 Å². The number of methoxy groups -OCH3 is 1. The Balaban J connectivity index is 4.18. The van der Waals surface area contributed by atoms with E-state index in [0.717, 1.165) is 0 Å². The molecule has 0 amide bonds. The van der Waals surface area contributed by atoms with Gasteiger partial charge in [0, 0.05) is 21.8 Å². The van der Waals surface area contributed by atoms with Gasteiger partial charge in [-0.25, -0.2) is 0 Å². The van der Waals surface area contributed by atoms with Crippen LogP contribution in [0.1, 0.15) is 20.8 Å². The molecule has 0 heterocycles. The second kappa shape index (κ2) is 5.30. The van der Waals surface area contributed by atoms with Crippen molar-refractivity contribution in [3.63, 3.8) is 0 Å². The van der Waals surface area contributed by atoms with Crippen LogP contribution >= 0.6 is 0 Å². The minimum absolute atomic E-state index is 0.123. The third-order valence-electron chi connectivity index (χ3n) is 1.98. The highest BCUT2D eigenvalue weighted by molar-refractivity contribution is 7.85. The van der Waals surface area contributed by atoms with Crippen LogP contribution in [0.5, 0.6) is 0 Å². The number of ether oxygens (including phenoxy) is 1. The third kappa shape index (κ3) is 2.93. The standard InChI is InChI=1S/C8H16O3S/c1-5-12(10)7(3)6(2)8(9)11-4/h6-7H,5H2,1-4H3. The fourth-order valence-electron chi connectivity index (χ4n) is 0.868. The Morgan fingerprint density at radius 2 is 2.00 bits per heavy atom. The lowest BCUT2D eigenvalue weighted by atomic mass is 10.1. The molecule has 0 fully saturated rings. The van der Waals surface area contributed by atoms with Gasteiger partial charge in [0.25, 0.3) is 0 Å². The van der Waals surface area contributed by atoms with Crippen LogP contribution in [0.25, 0.3) is 0 Å². The summed E-state index contributed by atoms with van der Waals surface area (Å²) in [5.74, 6) is 0.0164. The monoisotopic (exact) mass is 192 g/mol. The van der Waals surface area contributed by atoms with Crippen LogP contribution in [0.15, 0.2) is 0 Å². The van der Waals surface area contributed by atoms with E-state index in [2.05, 4.69) is 4.74 Å². The summed E-state index contributed by atoms with van der Waals surface area (Å²) in [6, 6.07) is 0. The zero-order valence-electron chi connectivity index (χ0n) is 7.99. The summed E-state index contributed by atoms with van der Waals surface area (Å²) >= 11 is 0. The average Bonchev–Trinajstić information content (AvgIpc) is 2.12. The van der Waals surface area contributed by atoms with E-state index in [-0.39, 0.29) is 17.1 Å². The number of carbonyl (C=O) groups excluding carboxylic acids is 1. The molecule has 12 heavy (non-hydrogen) atoms. The minimum Gasteiger partial charge on any atom is -0.469 e. The van der Waals surface area contributed by atoms with Crippen molar-refractivity contribution in [1.29, 1.82) is 0 Å². The van der Waals surface area contributed by atoms with Crippen LogP contribution < -0.4 is 0 Å². The summed E-state index contributed by atoms with van der Waals surface area (Å²) in [4.78, 5) is 11.0. The highest BCUT2D eigenvalue weighted by atomic mass is 32.2. The lowest BCUT2D eigenvalue weighted by Crippen LogP contribution is -2.28. The molecule has 72 valence electrons. The van der Waals surface area contributed by atoms with Crippen molar-refractivity contribution >= 4 is 16.8 Å². The van der Waals surface area contributed by atoms with Gasteiger partial charge >= 0.3 is 5.97 Å². The molecule has 0 aliphatic heterocycles. The SMILES string of the molecule is CCS(=O)C(C)C(C)C(=O)OC. The molecule has 0 bridgehead atoms. The van der Waals surface area contributed by atoms with Crippen LogP contribution in [0.2, 0.25) is 0 Å². The molecule has 0 aromatic heterocycles. The quantitative estimate of drug-likeness (QED) is 0.623. The molecule has 0 radical (unpaired) electrons. The van der Waals surface area contributed by atoms with Crippen LogP contribution in [0, 0.1) is 5.92 Å². The minimum atomic E-state index is -0.925. The maximum Gasteiger partial charge on any atom is 0.309 e. The molecule has 3 unspecified atom stereocenters. The molecule has 3 nitrogen and oxygen atoms in total. The number of esters is 1. The number of hydrogen-bond donors (Lipinski definition) is 0. The zero-order valence-corrected chi connectivity index (χ0v) is 8.81. The number of carbonyl (C=O) groups is 1. The van der Waals surface area contributed by atoms with Crippen molar-refractivity contribution in [1.82, 2.24) is 0 Å². The van der Waals surface area contributed by atoms with Crippen LogP contribution in [0.4, 0.5) is 0 Å². The molecule has 0 spiro atoms. The summed E-state index contributed by atoms with van der Waals surface area (Å²) in [7, 11) is 0.423. The lowest BCUT2D eigenvalue weighted by molar-refractivity contribution is -0.144. The van der Waals surface area contributed by atoms with Crippen molar-refractivity contribution < 1.29 is 13.7 Å². The first-order chi connectivity index (χ1) is 5.54. The molecule has 0 aromatic rings. The molecular weight excluding hydrogens is 176 g/mol. The third-order valence-corrected chi connectivity index (χ3v) is 3.78. The summed E-state index contributed by atoms with van der Waals surface area (Å²) in [5.41, 5.74) is 0. The van der Waals surface area contributed by atoms with Gasteiger partial charge in [0.05, 0.1) is 13.0 Å². The molecule has 4 heteroatoms. The van der Waals surface area contributed by atoms with Crippen LogP contribution in [-0.2, 0) is 20.3 Å². The molecule has 0 N–H and O–H groups in total. The average molecular weight is 192 g/mol. The van der Waals surface area contributed by atoms with E-state index in [1.54, 1.807) is 13.8 Å². The Bertz CT molecular complexity index is 159. The number of hydrogen-bond acceptors (Lipinski definition) is 3. The first kappa shape index (κ1) is 11.6. The molecule has 0 aromatic carbocycles. The second-order valence-electron chi connectivity index (χ2n) is 2.69. The first-order valence-electron chi connectivity index (χ1n) is 3.99. The maximum atomic E-state index is 11.3. The Hall–Kier alpha value is -0.380. The highest BCUT2D eigenvalue weighted by Crippen LogP contribution is 2.11. The lowest BCUT2D eigenvalue weighted by Gasteiger charge is -2.15. The van der Waals surface area contributed by atoms with Gasteiger partial charge in [-0.1, -0.05) is 13.8 Å². The molecule has 0 rings (SSSR count). The van der Waals surface area contributed by atoms with Crippen molar-refractivity contribution in [2.75, 3.05) is 12.9 Å². The van der Waals surface area contributed by atoms with Crippen molar-refractivity contribution in [2.24, 2.45) is 5.92 Å². The topological polar surface area (TPSA) is 43.4 Å². The summed E-state index contributed by atoms with van der Waals surface area (Å²) in [5, 5.41) is -0.123. The van der Waals surface area contributed by atoms with E-state index in [0.29, 0.717) is 5.75 Å². The van der Waals surface area contributed by atoms with Crippen molar-refractivity contribution in [3.05, 3.63) is 0 Å². The largest absolute Gasteiger partial charge is 0.469 e. The smallest absolute Gasteiger partial charge is 0.309 e. The molecule has 3 atom stereocenters. The maximum absolute atomic E-state index is 11.3. The van der Waals surface area contributed by atoms with E-state index in [4.69, 9.17) is 0 Å². The number of rotatable bonds is 4. The molecule has 0 aliphatic rings. The predicted molar refractivity (Wildman–Crippen MR) is 49.3 cm³/mol. The van der Waals surface area contributed by atoms with E-state index in [9.17, 15) is 9.00 Å². The molecule has 0 saturated carbocycles. The Kier molecular flexibility index (Phi) is 5.13. The molecule has 0 aliphatic carbocycles. The van der Waals surface area contributed by atoms with E-state index in [1.165, 1.54) is 7.11 Å². The molecule has 0 saturated heterocycles. The molecular formula is C8H16O3S. The summed E-state index contributed by atoms with van der Waals surface area (Å²) < 4.78 is 15.8. The van der Waals surface area contributed by atoms with Gasteiger partial charge in [-0.2, -0.15) is 0 Å². The van der Waals surface area contributed by atoms with E-state index < -0.39 is 10.8 Å². The van der Waals surface area contributed by atoms with Gasteiger partial charge in [-0.15, -0.1) is 0 Å². The van der Waals surface area contributed by atoms with Gasteiger partial charge in [0.2, 0.25) is 0 Å².